The first-order valence-corrected chi connectivity index (χ1v) is 4.44. The molecule has 12 heavy (non-hydrogen) atoms. The Morgan fingerprint density at radius 3 is 2.58 bits per heavy atom. The van der Waals surface area contributed by atoms with Gasteiger partial charge in [0.15, 0.2) is 4.47 Å². The number of nitrogens with two attached hydrogens (primary N) is 1. The van der Waals surface area contributed by atoms with Crippen molar-refractivity contribution in [3.05, 3.63) is 15.5 Å². The molecule has 1 unspecified atom stereocenters. The number of thiazole rings is 1. The van der Waals surface area contributed by atoms with Crippen molar-refractivity contribution < 1.29 is 8.78 Å². The van der Waals surface area contributed by atoms with Crippen LogP contribution < -0.4 is 5.73 Å². The zero-order valence-electron chi connectivity index (χ0n) is 5.85. The zero-order valence-corrected chi connectivity index (χ0v) is 7.42. The van der Waals surface area contributed by atoms with Crippen molar-refractivity contribution in [3.8, 4) is 0 Å². The summed E-state index contributed by atoms with van der Waals surface area (Å²) in [5, 5.41) is 0. The monoisotopic (exact) mass is 210 g/mol. The van der Waals surface area contributed by atoms with Crippen LogP contribution in [0, 0.1) is 0 Å². The van der Waals surface area contributed by atoms with E-state index in [4.69, 9.17) is 17.3 Å². The molecule has 6 heteroatoms. The van der Waals surface area contributed by atoms with Crippen LogP contribution in [-0.4, -0.2) is 10.9 Å². The Labute approximate surface area is 76.4 Å². The van der Waals surface area contributed by atoms with Gasteiger partial charge in [-0.1, -0.05) is 11.6 Å². The van der Waals surface area contributed by atoms with E-state index in [1.54, 1.807) is 0 Å². The third-order valence-corrected chi connectivity index (χ3v) is 3.24. The number of rotatable bonds is 1. The lowest BCUT2D eigenvalue weighted by Gasteiger charge is -2.04. The Bertz CT molecular complexity index is 327. The number of nitrogens with zero attached hydrogens (tertiary/aromatic N) is 1. The molecule has 0 aliphatic heterocycles. The highest BCUT2D eigenvalue weighted by Crippen LogP contribution is 2.58. The second kappa shape index (κ2) is 2.16. The number of alkyl halides is 2. The molecule has 1 aromatic rings. The number of hydrogen-bond donors (Lipinski definition) is 1. The van der Waals surface area contributed by atoms with Gasteiger partial charge in [0.25, 0.3) is 5.92 Å². The SMILES string of the molecule is NC1(c2cnc(Cl)s2)CC1(F)F. The number of halogens is 3. The van der Waals surface area contributed by atoms with Gasteiger partial charge in [-0.15, -0.1) is 11.3 Å². The zero-order chi connectivity index (χ0) is 8.98. The molecule has 0 radical (unpaired) electrons. The Morgan fingerprint density at radius 1 is 1.67 bits per heavy atom. The highest BCUT2D eigenvalue weighted by Gasteiger charge is 2.70. The average molecular weight is 211 g/mol. The fourth-order valence-corrected chi connectivity index (χ4v) is 2.13. The highest BCUT2D eigenvalue weighted by molar-refractivity contribution is 7.15. The van der Waals surface area contributed by atoms with Crippen molar-refractivity contribution in [1.82, 2.24) is 4.98 Å². The summed E-state index contributed by atoms with van der Waals surface area (Å²) in [6.07, 6.45) is 1.01. The molecule has 1 aromatic heterocycles. The molecule has 2 N–H and O–H groups in total. The second-order valence-corrected chi connectivity index (χ2v) is 4.44. The summed E-state index contributed by atoms with van der Waals surface area (Å²) in [7, 11) is 0. The third-order valence-electron chi connectivity index (χ3n) is 1.95. The summed E-state index contributed by atoms with van der Waals surface area (Å²) in [5.41, 5.74) is 3.92. The smallest absolute Gasteiger partial charge is 0.273 e. The first-order chi connectivity index (χ1) is 5.46. The van der Waals surface area contributed by atoms with Gasteiger partial charge in [-0.2, -0.15) is 0 Å². The maximum atomic E-state index is 12.7. The van der Waals surface area contributed by atoms with E-state index in [0.29, 0.717) is 4.88 Å². The van der Waals surface area contributed by atoms with Crippen LogP contribution in [0.5, 0.6) is 0 Å². The Morgan fingerprint density at radius 2 is 2.25 bits per heavy atom. The Balaban J connectivity index is 2.34. The molecule has 1 aliphatic rings. The van der Waals surface area contributed by atoms with E-state index in [1.165, 1.54) is 6.20 Å². The van der Waals surface area contributed by atoms with Crippen LogP contribution in [0.1, 0.15) is 11.3 Å². The van der Waals surface area contributed by atoms with Crippen LogP contribution in [0.15, 0.2) is 6.20 Å². The minimum Gasteiger partial charge on any atom is -0.316 e. The lowest BCUT2D eigenvalue weighted by Crippen LogP contribution is -2.25. The van der Waals surface area contributed by atoms with Crippen LogP contribution in [0.4, 0.5) is 8.78 Å². The van der Waals surface area contributed by atoms with Gasteiger partial charge < -0.3 is 5.73 Å². The molecular formula is C6H5ClF2N2S. The number of aromatic nitrogens is 1. The van der Waals surface area contributed by atoms with E-state index in [0.717, 1.165) is 11.3 Å². The second-order valence-electron chi connectivity index (χ2n) is 2.83. The van der Waals surface area contributed by atoms with E-state index < -0.39 is 11.5 Å². The van der Waals surface area contributed by atoms with Gasteiger partial charge in [0.1, 0.15) is 5.54 Å². The van der Waals surface area contributed by atoms with E-state index in [9.17, 15) is 8.78 Å². The Kier molecular flexibility index (Phi) is 1.50. The van der Waals surface area contributed by atoms with Crippen LogP contribution >= 0.6 is 22.9 Å². The van der Waals surface area contributed by atoms with Crippen molar-refractivity contribution in [1.29, 1.82) is 0 Å². The van der Waals surface area contributed by atoms with Crippen molar-refractivity contribution in [3.63, 3.8) is 0 Å². The minimum absolute atomic E-state index is 0.248. The van der Waals surface area contributed by atoms with Gasteiger partial charge in [-0.3, -0.25) is 0 Å². The Hall–Kier alpha value is -0.260. The number of hydrogen-bond acceptors (Lipinski definition) is 3. The van der Waals surface area contributed by atoms with Crippen molar-refractivity contribution in [2.24, 2.45) is 5.73 Å². The summed E-state index contributed by atoms with van der Waals surface area (Å²) < 4.78 is 25.6. The van der Waals surface area contributed by atoms with Crippen molar-refractivity contribution >= 4 is 22.9 Å². The maximum absolute atomic E-state index is 12.7. The van der Waals surface area contributed by atoms with Gasteiger partial charge in [-0.05, 0) is 0 Å². The van der Waals surface area contributed by atoms with Crippen LogP contribution in [0.2, 0.25) is 4.47 Å². The summed E-state index contributed by atoms with van der Waals surface area (Å²) in [4.78, 5) is 4.02. The lowest BCUT2D eigenvalue weighted by atomic mass is 10.2. The molecule has 0 bridgehead atoms. The van der Waals surface area contributed by atoms with E-state index in [2.05, 4.69) is 4.98 Å². The third kappa shape index (κ3) is 0.967. The molecule has 1 heterocycles. The van der Waals surface area contributed by atoms with Gasteiger partial charge in [0, 0.05) is 12.6 Å². The lowest BCUT2D eigenvalue weighted by molar-refractivity contribution is 0.0899. The molecule has 2 nitrogen and oxygen atoms in total. The van der Waals surface area contributed by atoms with Crippen LogP contribution in [0.25, 0.3) is 0 Å². The molecule has 0 spiro atoms. The first-order valence-electron chi connectivity index (χ1n) is 3.24. The van der Waals surface area contributed by atoms with Crippen molar-refractivity contribution in [2.45, 2.75) is 17.9 Å². The molecule has 1 aliphatic carbocycles. The summed E-state index contributed by atoms with van der Waals surface area (Å²) >= 11 is 6.50. The molecule has 66 valence electrons. The molecule has 2 rings (SSSR count). The summed E-state index contributed by atoms with van der Waals surface area (Å²) in [6.45, 7) is 0. The van der Waals surface area contributed by atoms with Gasteiger partial charge in [-0.25, -0.2) is 13.8 Å². The predicted octanol–water partition coefficient (Wildman–Crippen LogP) is 1.99. The molecule has 0 aromatic carbocycles. The summed E-state index contributed by atoms with van der Waals surface area (Å²) in [6, 6.07) is 0. The van der Waals surface area contributed by atoms with E-state index in [-0.39, 0.29) is 10.9 Å². The fraction of sp³-hybridized carbons (Fsp3) is 0.500. The quantitative estimate of drug-likeness (QED) is 0.770. The normalized spacial score (nSPS) is 32.0. The molecular weight excluding hydrogens is 206 g/mol. The molecule has 1 saturated carbocycles. The fourth-order valence-electron chi connectivity index (χ4n) is 1.03. The van der Waals surface area contributed by atoms with Crippen LogP contribution in [-0.2, 0) is 5.54 Å². The van der Waals surface area contributed by atoms with Gasteiger partial charge in [0.2, 0.25) is 0 Å². The standard InChI is InChI=1S/C6H5ClF2N2S/c7-4-11-1-3(12-4)5(10)2-6(5,8)9/h1H,2,10H2. The summed E-state index contributed by atoms with van der Waals surface area (Å²) in [5.74, 6) is -2.79. The maximum Gasteiger partial charge on any atom is 0.273 e. The average Bonchev–Trinajstić information content (AvgIpc) is 2.37. The predicted molar refractivity (Wildman–Crippen MR) is 42.6 cm³/mol. The molecule has 1 fully saturated rings. The van der Waals surface area contributed by atoms with Gasteiger partial charge in [0.05, 0.1) is 4.88 Å². The minimum atomic E-state index is -2.79. The van der Waals surface area contributed by atoms with Gasteiger partial charge >= 0.3 is 0 Å². The van der Waals surface area contributed by atoms with E-state index in [1.807, 2.05) is 0 Å². The highest BCUT2D eigenvalue weighted by atomic mass is 35.5. The molecule has 0 amide bonds. The topological polar surface area (TPSA) is 38.9 Å². The van der Waals surface area contributed by atoms with E-state index >= 15 is 0 Å². The van der Waals surface area contributed by atoms with Crippen LogP contribution in [0.3, 0.4) is 0 Å². The molecule has 0 saturated heterocycles. The molecule has 1 atom stereocenters. The van der Waals surface area contributed by atoms with Crippen molar-refractivity contribution in [2.75, 3.05) is 0 Å². The first kappa shape index (κ1) is 8.34. The largest absolute Gasteiger partial charge is 0.316 e.